The molecule has 0 amide bonds. The maximum atomic E-state index is 9.18. The molecular weight excluding hydrogens is 216 g/mol. The Bertz CT molecular complexity index is 167. The van der Waals surface area contributed by atoms with Crippen LogP contribution in [0.4, 0.5) is 0 Å². The van der Waals surface area contributed by atoms with E-state index in [-0.39, 0.29) is 19.3 Å². The molecule has 1 atom stereocenters. The van der Waals surface area contributed by atoms with Crippen LogP contribution in [0, 0.1) is 5.41 Å². The molecule has 2 N–H and O–H groups in total. The maximum absolute atomic E-state index is 9.18. The highest BCUT2D eigenvalue weighted by atomic mass is 16.5. The van der Waals surface area contributed by atoms with Gasteiger partial charge in [0.2, 0.25) is 0 Å². The maximum Gasteiger partial charge on any atom is 0.0572 e. The van der Waals surface area contributed by atoms with E-state index in [4.69, 9.17) is 4.74 Å². The van der Waals surface area contributed by atoms with E-state index in [0.29, 0.717) is 6.61 Å². The highest BCUT2D eigenvalue weighted by molar-refractivity contribution is 4.72. The summed E-state index contributed by atoms with van der Waals surface area (Å²) < 4.78 is 5.80. The molecule has 0 heterocycles. The van der Waals surface area contributed by atoms with Gasteiger partial charge in [0.25, 0.3) is 0 Å². The highest BCUT2D eigenvalue weighted by Crippen LogP contribution is 2.18. The second-order valence-corrected chi connectivity index (χ2v) is 5.32. The number of aliphatic hydroxyl groups is 2. The molecule has 0 saturated heterocycles. The van der Waals surface area contributed by atoms with Crippen LogP contribution in [0.1, 0.15) is 59.3 Å². The fourth-order valence-electron chi connectivity index (χ4n) is 1.66. The second-order valence-electron chi connectivity index (χ2n) is 5.32. The lowest BCUT2D eigenvalue weighted by Crippen LogP contribution is -2.33. The van der Waals surface area contributed by atoms with E-state index in [1.165, 1.54) is 25.7 Å². The molecule has 0 fully saturated rings. The zero-order valence-electron chi connectivity index (χ0n) is 11.7. The molecule has 0 aromatic carbocycles. The predicted molar refractivity (Wildman–Crippen MR) is 71.1 cm³/mol. The van der Waals surface area contributed by atoms with Crippen molar-refractivity contribution in [2.24, 2.45) is 5.41 Å². The molecular formula is C14H30O3. The van der Waals surface area contributed by atoms with Crippen molar-refractivity contribution in [2.75, 3.05) is 19.8 Å². The Hall–Kier alpha value is -0.120. The van der Waals surface area contributed by atoms with Gasteiger partial charge >= 0.3 is 0 Å². The number of unbranched alkanes of at least 4 members (excludes halogenated alkanes) is 3. The van der Waals surface area contributed by atoms with Crippen LogP contribution < -0.4 is 0 Å². The summed E-state index contributed by atoms with van der Waals surface area (Å²) in [5.74, 6) is 0. The van der Waals surface area contributed by atoms with Gasteiger partial charge in [0.05, 0.1) is 25.9 Å². The lowest BCUT2D eigenvalue weighted by atomic mass is 9.94. The van der Waals surface area contributed by atoms with E-state index >= 15 is 0 Å². The molecule has 0 saturated carbocycles. The molecule has 0 aliphatic rings. The number of hydrogen-bond donors (Lipinski definition) is 2. The second kappa shape index (κ2) is 9.86. The first-order valence-corrected chi connectivity index (χ1v) is 6.95. The summed E-state index contributed by atoms with van der Waals surface area (Å²) in [6, 6.07) is 0. The van der Waals surface area contributed by atoms with Crippen molar-refractivity contribution in [3.05, 3.63) is 0 Å². The summed E-state index contributed by atoms with van der Waals surface area (Å²) in [5.41, 5.74) is -0.503. The molecule has 0 spiro atoms. The smallest absolute Gasteiger partial charge is 0.0572 e. The van der Waals surface area contributed by atoms with E-state index < -0.39 is 5.41 Å². The van der Waals surface area contributed by atoms with Crippen LogP contribution in [0.2, 0.25) is 0 Å². The van der Waals surface area contributed by atoms with E-state index in [2.05, 4.69) is 13.8 Å². The first kappa shape index (κ1) is 16.9. The Labute approximate surface area is 106 Å². The number of aliphatic hydroxyl groups excluding tert-OH is 2. The zero-order valence-corrected chi connectivity index (χ0v) is 11.7. The number of hydrogen-bond acceptors (Lipinski definition) is 3. The van der Waals surface area contributed by atoms with Gasteiger partial charge in [-0.1, -0.05) is 46.5 Å². The molecule has 0 bridgehead atoms. The summed E-state index contributed by atoms with van der Waals surface area (Å²) in [7, 11) is 0. The van der Waals surface area contributed by atoms with Crippen molar-refractivity contribution in [2.45, 2.75) is 65.4 Å². The minimum atomic E-state index is -0.503. The third-order valence-electron chi connectivity index (χ3n) is 3.27. The molecule has 3 nitrogen and oxygen atoms in total. The van der Waals surface area contributed by atoms with Crippen LogP contribution in [0.3, 0.4) is 0 Å². The third kappa shape index (κ3) is 7.74. The zero-order chi connectivity index (χ0) is 13.1. The lowest BCUT2D eigenvalue weighted by Gasteiger charge is -2.27. The highest BCUT2D eigenvalue weighted by Gasteiger charge is 2.24. The van der Waals surface area contributed by atoms with Crippen LogP contribution >= 0.6 is 0 Å². The van der Waals surface area contributed by atoms with Crippen molar-refractivity contribution in [1.29, 1.82) is 0 Å². The van der Waals surface area contributed by atoms with E-state index in [1.807, 2.05) is 6.92 Å². The van der Waals surface area contributed by atoms with Gasteiger partial charge in [-0.15, -0.1) is 0 Å². The topological polar surface area (TPSA) is 49.7 Å². The van der Waals surface area contributed by atoms with E-state index in [9.17, 15) is 10.2 Å². The van der Waals surface area contributed by atoms with Gasteiger partial charge in [-0.05, 0) is 12.8 Å². The average molecular weight is 246 g/mol. The van der Waals surface area contributed by atoms with E-state index in [1.54, 1.807) is 0 Å². The van der Waals surface area contributed by atoms with Gasteiger partial charge in [0.15, 0.2) is 0 Å². The SMILES string of the molecule is CCCCCCC(CC)OCC(C)(CO)CO. The number of rotatable bonds is 11. The third-order valence-corrected chi connectivity index (χ3v) is 3.27. The minimum absolute atomic E-state index is 0.0320. The summed E-state index contributed by atoms with van der Waals surface area (Å²) in [4.78, 5) is 0. The molecule has 0 aliphatic carbocycles. The lowest BCUT2D eigenvalue weighted by molar-refractivity contribution is -0.0513. The molecule has 0 aliphatic heterocycles. The normalized spacial score (nSPS) is 13.9. The molecule has 1 unspecified atom stereocenters. The first-order valence-electron chi connectivity index (χ1n) is 6.95. The molecule has 0 aromatic heterocycles. The first-order chi connectivity index (χ1) is 8.11. The standard InChI is InChI=1S/C14H30O3/c1-4-6-7-8-9-13(5-2)17-12-14(3,10-15)11-16/h13,15-16H,4-12H2,1-3H3. The van der Waals surface area contributed by atoms with Gasteiger partial charge < -0.3 is 14.9 Å². The monoisotopic (exact) mass is 246 g/mol. The molecule has 17 heavy (non-hydrogen) atoms. The Balaban J connectivity index is 3.80. The fourth-order valence-corrected chi connectivity index (χ4v) is 1.66. The van der Waals surface area contributed by atoms with Crippen molar-refractivity contribution in [3.63, 3.8) is 0 Å². The Morgan fingerprint density at radius 2 is 1.71 bits per heavy atom. The fraction of sp³-hybridized carbons (Fsp3) is 1.00. The summed E-state index contributed by atoms with van der Waals surface area (Å²) in [6.07, 6.45) is 7.38. The van der Waals surface area contributed by atoms with Crippen LogP contribution in [-0.4, -0.2) is 36.1 Å². The predicted octanol–water partition coefficient (Wildman–Crippen LogP) is 2.74. The molecule has 0 aromatic rings. The Morgan fingerprint density at radius 1 is 1.06 bits per heavy atom. The van der Waals surface area contributed by atoms with Gasteiger partial charge in [-0.3, -0.25) is 0 Å². The van der Waals surface area contributed by atoms with Crippen molar-refractivity contribution >= 4 is 0 Å². The quantitative estimate of drug-likeness (QED) is 0.551. The summed E-state index contributed by atoms with van der Waals surface area (Å²) in [6.45, 7) is 6.55. The van der Waals surface area contributed by atoms with Gasteiger partial charge in [0.1, 0.15) is 0 Å². The minimum Gasteiger partial charge on any atom is -0.396 e. The molecule has 0 rings (SSSR count). The van der Waals surface area contributed by atoms with Crippen LogP contribution in [0.5, 0.6) is 0 Å². The van der Waals surface area contributed by atoms with Crippen LogP contribution in [0.25, 0.3) is 0 Å². The van der Waals surface area contributed by atoms with Crippen LogP contribution in [0.15, 0.2) is 0 Å². The van der Waals surface area contributed by atoms with Gasteiger partial charge in [-0.25, -0.2) is 0 Å². The molecule has 104 valence electrons. The average Bonchev–Trinajstić information content (AvgIpc) is 2.37. The molecule has 0 radical (unpaired) electrons. The van der Waals surface area contributed by atoms with Crippen molar-refractivity contribution in [3.8, 4) is 0 Å². The van der Waals surface area contributed by atoms with E-state index in [0.717, 1.165) is 12.8 Å². The van der Waals surface area contributed by atoms with Crippen LogP contribution in [-0.2, 0) is 4.74 Å². The molecule has 3 heteroatoms. The van der Waals surface area contributed by atoms with Crippen molar-refractivity contribution in [1.82, 2.24) is 0 Å². The summed E-state index contributed by atoms with van der Waals surface area (Å²) in [5, 5.41) is 18.4. The summed E-state index contributed by atoms with van der Waals surface area (Å²) >= 11 is 0. The number of ether oxygens (including phenoxy) is 1. The Morgan fingerprint density at radius 3 is 2.18 bits per heavy atom. The largest absolute Gasteiger partial charge is 0.396 e. The van der Waals surface area contributed by atoms with Gasteiger partial charge in [-0.2, -0.15) is 0 Å². The van der Waals surface area contributed by atoms with Gasteiger partial charge in [0, 0.05) is 5.41 Å². The Kier molecular flexibility index (Phi) is 9.79. The van der Waals surface area contributed by atoms with Crippen molar-refractivity contribution < 1.29 is 14.9 Å².